The Hall–Kier alpha value is -9.09. The number of hydrogen-bond acceptors (Lipinski definition) is 6. The van der Waals surface area contributed by atoms with Crippen LogP contribution in [-0.4, -0.2) is 60.8 Å². The summed E-state index contributed by atoms with van der Waals surface area (Å²) in [7, 11) is 1.33. The van der Waals surface area contributed by atoms with Gasteiger partial charge in [-0.2, -0.15) is 5.06 Å². The quantitative estimate of drug-likeness (QED) is 0.0724. The third-order valence-electron chi connectivity index (χ3n) is 17.5. The molecule has 1 saturated heterocycles. The Bertz CT molecular complexity index is 3790. The van der Waals surface area contributed by atoms with Gasteiger partial charge in [0.2, 0.25) is 0 Å². The van der Waals surface area contributed by atoms with Crippen molar-refractivity contribution < 1.29 is 24.3 Å². The third-order valence-corrected chi connectivity index (χ3v) is 27.7. The Balaban J connectivity index is 0.000000130. The van der Waals surface area contributed by atoms with Crippen molar-refractivity contribution in [3.05, 3.63) is 403 Å². The van der Waals surface area contributed by atoms with E-state index in [0.29, 0.717) is 31.5 Å². The molecular formula is C91H85BrN2O5P4. The number of aliphatic hydroxyl groups excluding tert-OH is 1. The molecule has 0 saturated carbocycles. The van der Waals surface area contributed by atoms with Crippen LogP contribution in [0.15, 0.2) is 386 Å². The Morgan fingerprint density at radius 1 is 0.359 bits per heavy atom. The maximum Gasteiger partial charge on any atom is 0.282 e. The number of carbonyl (C=O) groups is 1. The lowest BCUT2D eigenvalue weighted by atomic mass is 9.85. The standard InChI is InChI=1S/C19H25BrN2O5.4C18H15P/c1-12-9-14(20)10-13(2)15(12)16-17(23)19(5-7-21(26-4)8-6-19)22(18(16)24)27-11-25-3;4*1-4-10-16(11-5-1)19(17-12-6-2-7-13-17)18-14-8-3-9-15-18/h9-10,23H,5-8,11H2,1-4H3;4*1-15H. The number of carbonyl (C=O) groups excluding carboxylic acids is 1. The smallest absolute Gasteiger partial charge is 0.282 e. The molecule has 1 N–H and O–H groups in total. The zero-order chi connectivity index (χ0) is 71.4. The summed E-state index contributed by atoms with van der Waals surface area (Å²) in [5, 5.41) is 31.1. The molecule has 13 aromatic rings. The summed E-state index contributed by atoms with van der Waals surface area (Å²) >= 11 is 3.48. The van der Waals surface area contributed by atoms with E-state index in [9.17, 15) is 9.90 Å². The highest BCUT2D eigenvalue weighted by Gasteiger charge is 2.55. The number of rotatable bonds is 17. The SMILES string of the molecule is COCON1C(=O)C(c2c(C)cc(Br)cc2C)=C(O)C12CCN(OC)CC2.c1ccc(P(c2ccccc2)c2ccccc2)cc1.c1ccc(P(c2ccccc2)c2ccccc2)cc1.c1ccc(P(c2ccccc2)c2ccccc2)cc1.c1ccc(P(c2ccccc2)c2ccccc2)cc1. The molecular weight excluding hydrogens is 1400 g/mol. The summed E-state index contributed by atoms with van der Waals surface area (Å²) in [5.41, 5.74) is 1.97. The van der Waals surface area contributed by atoms with E-state index in [0.717, 1.165) is 21.2 Å². The lowest BCUT2D eigenvalue weighted by Crippen LogP contribution is -2.55. The highest BCUT2D eigenvalue weighted by Crippen LogP contribution is 2.47. The molecule has 0 atom stereocenters. The minimum absolute atomic E-state index is 0.0629. The number of benzene rings is 13. The molecule has 15 rings (SSSR count). The van der Waals surface area contributed by atoms with Gasteiger partial charge < -0.3 is 14.7 Å². The van der Waals surface area contributed by atoms with Gasteiger partial charge in [0, 0.05) is 24.7 Å². The van der Waals surface area contributed by atoms with Crippen LogP contribution in [0.5, 0.6) is 0 Å². The minimum Gasteiger partial charge on any atom is -0.509 e. The maximum atomic E-state index is 13.3. The van der Waals surface area contributed by atoms with E-state index in [1.165, 1.54) is 75.8 Å². The van der Waals surface area contributed by atoms with Crippen LogP contribution in [0.2, 0.25) is 0 Å². The summed E-state index contributed by atoms with van der Waals surface area (Å²) in [6.07, 6.45) is 1.00. The van der Waals surface area contributed by atoms with E-state index in [2.05, 4.69) is 380 Å². The van der Waals surface area contributed by atoms with E-state index < -0.39 is 37.2 Å². The van der Waals surface area contributed by atoms with Gasteiger partial charge in [0.1, 0.15) is 11.3 Å². The molecule has 7 nitrogen and oxygen atoms in total. The fraction of sp³-hybridized carbons (Fsp3) is 0.110. The monoisotopic (exact) mass is 1490 g/mol. The molecule has 0 aromatic heterocycles. The summed E-state index contributed by atoms with van der Waals surface area (Å²) < 4.78 is 5.94. The number of methoxy groups -OCH3 is 1. The van der Waals surface area contributed by atoms with Crippen molar-refractivity contribution in [3.63, 3.8) is 0 Å². The summed E-state index contributed by atoms with van der Waals surface area (Å²) in [4.78, 5) is 24.2. The molecule has 1 amide bonds. The molecule has 1 fully saturated rings. The second-order valence-electron chi connectivity index (χ2n) is 24.3. The van der Waals surface area contributed by atoms with Crippen LogP contribution in [0.3, 0.4) is 0 Å². The van der Waals surface area contributed by atoms with E-state index in [4.69, 9.17) is 14.4 Å². The fourth-order valence-electron chi connectivity index (χ4n) is 12.7. The highest BCUT2D eigenvalue weighted by atomic mass is 79.9. The Kier molecular flexibility index (Phi) is 28.4. The Morgan fingerprint density at radius 2 is 0.563 bits per heavy atom. The molecule has 12 heteroatoms. The summed E-state index contributed by atoms with van der Waals surface area (Å²) in [6.45, 7) is 4.94. The number of halogens is 1. The van der Waals surface area contributed by atoms with Crippen molar-refractivity contribution in [2.75, 3.05) is 34.1 Å². The first-order chi connectivity index (χ1) is 50.6. The molecule has 13 aromatic carbocycles. The number of aryl methyl sites for hydroxylation is 2. The van der Waals surface area contributed by atoms with E-state index in [-0.39, 0.29) is 18.5 Å². The second-order valence-corrected chi connectivity index (χ2v) is 34.1. The van der Waals surface area contributed by atoms with Crippen molar-refractivity contribution >= 4 is 123 Å². The van der Waals surface area contributed by atoms with Crippen LogP contribution in [0.25, 0.3) is 5.57 Å². The largest absolute Gasteiger partial charge is 0.509 e. The van der Waals surface area contributed by atoms with Gasteiger partial charge in [-0.3, -0.25) is 4.79 Å². The van der Waals surface area contributed by atoms with Crippen LogP contribution in [0.4, 0.5) is 0 Å². The Morgan fingerprint density at radius 3 is 0.748 bits per heavy atom. The lowest BCUT2D eigenvalue weighted by Gasteiger charge is -2.42. The van der Waals surface area contributed by atoms with E-state index in [1.807, 2.05) is 31.0 Å². The van der Waals surface area contributed by atoms with E-state index >= 15 is 0 Å². The molecule has 0 radical (unpaired) electrons. The van der Waals surface area contributed by atoms with Gasteiger partial charge in [-0.05, 0) is 151 Å². The minimum atomic E-state index is -0.911. The first kappa shape index (κ1) is 75.1. The number of aliphatic hydroxyl groups is 1. The number of piperidine rings is 1. The van der Waals surface area contributed by atoms with Gasteiger partial charge in [-0.15, -0.1) is 0 Å². The Labute approximate surface area is 622 Å². The predicted molar refractivity (Wildman–Crippen MR) is 444 cm³/mol. The van der Waals surface area contributed by atoms with Gasteiger partial charge in [-0.25, -0.2) is 9.90 Å². The fourth-order valence-corrected chi connectivity index (χ4v) is 22.6. The number of amides is 1. The molecule has 2 heterocycles. The average molecular weight is 1490 g/mol. The first-order valence-corrected chi connectivity index (χ1v) is 40.6. The predicted octanol–water partition coefficient (Wildman–Crippen LogP) is 16.9. The number of nitrogens with zero attached hydrogens (tertiary/aromatic N) is 2. The van der Waals surface area contributed by atoms with E-state index in [1.54, 1.807) is 7.11 Å². The third kappa shape index (κ3) is 19.8. The van der Waals surface area contributed by atoms with Gasteiger partial charge in [0.05, 0.1) is 12.7 Å². The number of ether oxygens (including phenoxy) is 1. The highest BCUT2D eigenvalue weighted by molar-refractivity contribution is 9.10. The summed E-state index contributed by atoms with van der Waals surface area (Å²) in [6, 6.07) is 133. The molecule has 2 aliphatic heterocycles. The molecule has 1 spiro atoms. The lowest BCUT2D eigenvalue weighted by molar-refractivity contribution is -0.259. The topological polar surface area (TPSA) is 71.5 Å². The van der Waals surface area contributed by atoms with Crippen molar-refractivity contribution in [2.45, 2.75) is 32.2 Å². The van der Waals surface area contributed by atoms with Crippen LogP contribution >= 0.6 is 47.6 Å². The molecule has 0 unspecified atom stereocenters. The van der Waals surface area contributed by atoms with Gasteiger partial charge in [0.15, 0.2) is 6.79 Å². The normalized spacial score (nSPS) is 13.1. The summed E-state index contributed by atoms with van der Waals surface area (Å²) in [5.74, 6) is -0.281. The van der Waals surface area contributed by atoms with Crippen molar-refractivity contribution in [2.24, 2.45) is 0 Å². The van der Waals surface area contributed by atoms with Crippen molar-refractivity contribution in [3.8, 4) is 0 Å². The molecule has 103 heavy (non-hydrogen) atoms. The van der Waals surface area contributed by atoms with Gasteiger partial charge in [0.25, 0.3) is 5.91 Å². The van der Waals surface area contributed by atoms with Crippen LogP contribution < -0.4 is 63.7 Å². The zero-order valence-corrected chi connectivity index (χ0v) is 63.6. The average Bonchev–Trinajstić information content (AvgIpc) is 1.57. The molecule has 0 aliphatic carbocycles. The molecule has 2 aliphatic rings. The van der Waals surface area contributed by atoms with Crippen molar-refractivity contribution in [1.82, 2.24) is 10.1 Å². The zero-order valence-electron chi connectivity index (χ0n) is 58.5. The van der Waals surface area contributed by atoms with Crippen LogP contribution in [0.1, 0.15) is 29.5 Å². The second kappa shape index (κ2) is 39.0. The first-order valence-electron chi connectivity index (χ1n) is 34.4. The number of hydrogen-bond donors (Lipinski definition) is 1. The van der Waals surface area contributed by atoms with Gasteiger partial charge >= 0.3 is 0 Å². The molecule has 0 bridgehead atoms. The molecule has 516 valence electrons. The van der Waals surface area contributed by atoms with Crippen LogP contribution in [0, 0.1) is 13.8 Å². The maximum absolute atomic E-state index is 13.3. The van der Waals surface area contributed by atoms with Crippen LogP contribution in [-0.2, 0) is 19.2 Å². The number of hydroxylamine groups is 4. The van der Waals surface area contributed by atoms with Gasteiger partial charge in [-0.1, -0.05) is 380 Å². The van der Waals surface area contributed by atoms with Crippen molar-refractivity contribution in [1.29, 1.82) is 0 Å².